The van der Waals surface area contributed by atoms with Gasteiger partial charge in [-0.05, 0) is 30.0 Å². The van der Waals surface area contributed by atoms with Gasteiger partial charge in [0.2, 0.25) is 0 Å². The van der Waals surface area contributed by atoms with Gasteiger partial charge in [0.1, 0.15) is 0 Å². The Morgan fingerprint density at radius 3 is 2.60 bits per heavy atom. The van der Waals surface area contributed by atoms with Crippen molar-refractivity contribution in [3.8, 4) is 0 Å². The molecule has 6 heteroatoms. The third kappa shape index (κ3) is 3.51. The van der Waals surface area contributed by atoms with Crippen LogP contribution in [0.3, 0.4) is 0 Å². The Morgan fingerprint density at radius 1 is 1.25 bits per heavy atom. The van der Waals surface area contributed by atoms with Gasteiger partial charge >= 0.3 is 0 Å². The van der Waals surface area contributed by atoms with Crippen molar-refractivity contribution < 1.29 is 0 Å². The van der Waals surface area contributed by atoms with Crippen LogP contribution in [0.5, 0.6) is 0 Å². The molecule has 0 radical (unpaired) electrons. The second-order valence-corrected chi connectivity index (χ2v) is 6.01. The Kier molecular flexibility index (Phi) is 5.02. The number of halogens is 2. The second-order valence-electron chi connectivity index (χ2n) is 5.19. The normalized spacial score (nSPS) is 11.3. The molecule has 0 atom stereocenters. The summed E-state index contributed by atoms with van der Waals surface area (Å²) in [5, 5.41) is 9.46. The van der Waals surface area contributed by atoms with Crippen molar-refractivity contribution in [1.82, 2.24) is 15.0 Å². The molecule has 1 heterocycles. The van der Waals surface area contributed by atoms with E-state index in [4.69, 9.17) is 28.9 Å². The van der Waals surface area contributed by atoms with Gasteiger partial charge in [-0.25, -0.2) is 4.68 Å². The highest BCUT2D eigenvalue weighted by Gasteiger charge is 2.13. The zero-order valence-electron chi connectivity index (χ0n) is 11.6. The van der Waals surface area contributed by atoms with Gasteiger partial charge in [0.25, 0.3) is 0 Å². The smallest absolute Gasteiger partial charge is 0.0994 e. The topological polar surface area (TPSA) is 56.7 Å². The zero-order valence-corrected chi connectivity index (χ0v) is 13.1. The quantitative estimate of drug-likeness (QED) is 0.921. The van der Waals surface area contributed by atoms with E-state index in [1.54, 1.807) is 6.07 Å². The van der Waals surface area contributed by atoms with Crippen LogP contribution in [0.15, 0.2) is 18.2 Å². The van der Waals surface area contributed by atoms with E-state index in [1.165, 1.54) is 0 Å². The molecule has 20 heavy (non-hydrogen) atoms. The zero-order chi connectivity index (χ0) is 14.7. The molecule has 0 spiro atoms. The maximum Gasteiger partial charge on any atom is 0.0994 e. The highest BCUT2D eigenvalue weighted by Crippen LogP contribution is 2.23. The Labute approximate surface area is 128 Å². The van der Waals surface area contributed by atoms with Gasteiger partial charge in [0.15, 0.2) is 0 Å². The van der Waals surface area contributed by atoms with Gasteiger partial charge < -0.3 is 5.73 Å². The number of aromatic nitrogens is 3. The van der Waals surface area contributed by atoms with Crippen molar-refractivity contribution in [3.05, 3.63) is 45.2 Å². The molecular formula is C14H18Cl2N4. The number of benzene rings is 1. The van der Waals surface area contributed by atoms with Crippen molar-refractivity contribution in [2.45, 2.75) is 33.4 Å². The highest BCUT2D eigenvalue weighted by atomic mass is 35.5. The molecule has 2 rings (SSSR count). The Bertz CT molecular complexity index is 593. The number of nitrogens with zero attached hydrogens (tertiary/aromatic N) is 3. The van der Waals surface area contributed by atoms with Gasteiger partial charge in [-0.15, -0.1) is 5.10 Å². The Balaban J connectivity index is 2.28. The lowest BCUT2D eigenvalue weighted by Crippen LogP contribution is -2.11. The molecule has 4 nitrogen and oxygen atoms in total. The van der Waals surface area contributed by atoms with Crippen LogP contribution >= 0.6 is 23.2 Å². The molecule has 0 fully saturated rings. The van der Waals surface area contributed by atoms with Crippen molar-refractivity contribution in [1.29, 1.82) is 0 Å². The van der Waals surface area contributed by atoms with Crippen LogP contribution in [-0.2, 0) is 19.5 Å². The summed E-state index contributed by atoms with van der Waals surface area (Å²) >= 11 is 12.0. The molecule has 1 aromatic carbocycles. The van der Waals surface area contributed by atoms with E-state index in [-0.39, 0.29) is 0 Å². The molecule has 0 aliphatic carbocycles. The molecule has 0 bridgehead atoms. The van der Waals surface area contributed by atoms with Gasteiger partial charge in [-0.2, -0.15) is 0 Å². The lowest BCUT2D eigenvalue weighted by atomic mass is 10.1. The Hall–Kier alpha value is -1.10. The van der Waals surface area contributed by atoms with E-state index in [1.807, 2.05) is 16.8 Å². The first-order valence-electron chi connectivity index (χ1n) is 6.56. The monoisotopic (exact) mass is 312 g/mol. The summed E-state index contributed by atoms with van der Waals surface area (Å²) in [5.74, 6) is 0.520. The van der Waals surface area contributed by atoms with Crippen LogP contribution < -0.4 is 5.73 Å². The fourth-order valence-corrected chi connectivity index (χ4v) is 2.40. The molecule has 1 aromatic heterocycles. The molecule has 0 amide bonds. The summed E-state index contributed by atoms with van der Waals surface area (Å²) in [6.07, 6.45) is 0.904. The molecule has 0 unspecified atom stereocenters. The summed E-state index contributed by atoms with van der Waals surface area (Å²) in [6, 6.07) is 5.59. The van der Waals surface area contributed by atoms with E-state index >= 15 is 0 Å². The van der Waals surface area contributed by atoms with Crippen LogP contribution in [0, 0.1) is 5.92 Å². The van der Waals surface area contributed by atoms with Gasteiger partial charge in [-0.3, -0.25) is 0 Å². The third-order valence-corrected chi connectivity index (χ3v) is 3.77. The van der Waals surface area contributed by atoms with Crippen LogP contribution in [0.2, 0.25) is 10.0 Å². The molecule has 0 saturated carbocycles. The molecular weight excluding hydrogens is 295 g/mol. The van der Waals surface area contributed by atoms with Crippen LogP contribution in [0.4, 0.5) is 0 Å². The predicted molar refractivity (Wildman–Crippen MR) is 82.0 cm³/mol. The largest absolute Gasteiger partial charge is 0.325 e. The fraction of sp³-hybridized carbons (Fsp3) is 0.429. The van der Waals surface area contributed by atoms with Crippen LogP contribution in [0.25, 0.3) is 0 Å². The van der Waals surface area contributed by atoms with E-state index in [2.05, 4.69) is 24.2 Å². The van der Waals surface area contributed by atoms with Crippen molar-refractivity contribution >= 4 is 23.2 Å². The van der Waals surface area contributed by atoms with Crippen LogP contribution in [-0.4, -0.2) is 15.0 Å². The maximum absolute atomic E-state index is 6.04. The number of rotatable bonds is 5. The lowest BCUT2D eigenvalue weighted by Gasteiger charge is -2.10. The molecule has 108 valence electrons. The van der Waals surface area contributed by atoms with E-state index in [9.17, 15) is 0 Å². The molecule has 2 N–H and O–H groups in total. The molecule has 0 aliphatic heterocycles. The van der Waals surface area contributed by atoms with E-state index in [0.717, 1.165) is 23.4 Å². The predicted octanol–water partition coefficient (Wildman–Crippen LogP) is 3.29. The summed E-state index contributed by atoms with van der Waals surface area (Å²) < 4.78 is 1.89. The average Bonchev–Trinajstić information content (AvgIpc) is 2.76. The molecule has 0 aliphatic rings. The summed E-state index contributed by atoms with van der Waals surface area (Å²) in [6.45, 7) is 5.35. The SMILES string of the molecule is CC(C)Cc1c(CN)nnn1Cc1ccc(Cl)c(Cl)c1. The third-order valence-electron chi connectivity index (χ3n) is 3.03. The van der Waals surface area contributed by atoms with Gasteiger partial charge in [0.05, 0.1) is 28.0 Å². The number of hydrogen-bond acceptors (Lipinski definition) is 3. The summed E-state index contributed by atoms with van der Waals surface area (Å²) in [7, 11) is 0. The first-order chi connectivity index (χ1) is 9.51. The van der Waals surface area contributed by atoms with Crippen molar-refractivity contribution in [3.63, 3.8) is 0 Å². The van der Waals surface area contributed by atoms with Crippen LogP contribution in [0.1, 0.15) is 30.8 Å². The minimum absolute atomic E-state index is 0.406. The first kappa shape index (κ1) is 15.3. The molecule has 2 aromatic rings. The van der Waals surface area contributed by atoms with E-state index < -0.39 is 0 Å². The summed E-state index contributed by atoms with van der Waals surface area (Å²) in [5.41, 5.74) is 8.71. The van der Waals surface area contributed by atoms with Gasteiger partial charge in [-0.1, -0.05) is 48.3 Å². The first-order valence-corrected chi connectivity index (χ1v) is 7.32. The fourth-order valence-electron chi connectivity index (χ4n) is 2.08. The minimum Gasteiger partial charge on any atom is -0.325 e. The molecule has 0 saturated heterocycles. The minimum atomic E-state index is 0.406. The standard InChI is InChI=1S/C14H18Cl2N4/c1-9(2)5-14-13(7-17)18-19-20(14)8-10-3-4-11(15)12(16)6-10/h3-4,6,9H,5,7-8,17H2,1-2H3. The summed E-state index contributed by atoms with van der Waals surface area (Å²) in [4.78, 5) is 0. The second kappa shape index (κ2) is 6.57. The van der Waals surface area contributed by atoms with E-state index in [0.29, 0.717) is 29.1 Å². The van der Waals surface area contributed by atoms with Crippen molar-refractivity contribution in [2.24, 2.45) is 11.7 Å². The highest BCUT2D eigenvalue weighted by molar-refractivity contribution is 6.42. The number of nitrogens with two attached hydrogens (primary N) is 1. The van der Waals surface area contributed by atoms with Crippen molar-refractivity contribution in [2.75, 3.05) is 0 Å². The average molecular weight is 313 g/mol. The lowest BCUT2D eigenvalue weighted by molar-refractivity contribution is 0.563. The van der Waals surface area contributed by atoms with Gasteiger partial charge in [0, 0.05) is 6.54 Å². The Morgan fingerprint density at radius 2 is 2.00 bits per heavy atom. The maximum atomic E-state index is 6.04. The number of hydrogen-bond donors (Lipinski definition) is 1.